The van der Waals surface area contributed by atoms with E-state index in [2.05, 4.69) is 42.2 Å². The number of pyridine rings is 2. The van der Waals surface area contributed by atoms with Crippen LogP contribution < -0.4 is 0 Å². The first-order valence-corrected chi connectivity index (χ1v) is 10.5. The minimum absolute atomic E-state index is 0.150. The summed E-state index contributed by atoms with van der Waals surface area (Å²) in [5.74, 6) is -0.322. The number of ether oxygens (including phenoxy) is 1. The van der Waals surface area contributed by atoms with E-state index in [9.17, 15) is 4.79 Å². The topological polar surface area (TPSA) is 52.1 Å². The molecular weight excluding hydrogens is 384 g/mol. The molecule has 0 atom stereocenters. The first-order chi connectivity index (χ1) is 15.2. The van der Waals surface area contributed by atoms with Crippen LogP contribution in [0, 0.1) is 6.92 Å². The number of allylic oxidation sites excluding steroid dienone is 1. The molecule has 5 rings (SSSR count). The van der Waals surface area contributed by atoms with E-state index in [1.807, 2.05) is 42.5 Å². The molecule has 0 aliphatic heterocycles. The maximum Gasteiger partial charge on any atom is 0.339 e. The minimum Gasteiger partial charge on any atom is -0.456 e. The molecule has 152 valence electrons. The molecule has 4 heteroatoms. The van der Waals surface area contributed by atoms with Gasteiger partial charge in [0.2, 0.25) is 0 Å². The van der Waals surface area contributed by atoms with Gasteiger partial charge in [0, 0.05) is 11.6 Å². The van der Waals surface area contributed by atoms with Gasteiger partial charge in [-0.15, -0.1) is 0 Å². The molecular formula is C27H22N2O2. The molecule has 1 aliphatic rings. The van der Waals surface area contributed by atoms with Crippen LogP contribution in [0.1, 0.15) is 44.9 Å². The Morgan fingerprint density at radius 3 is 2.61 bits per heavy atom. The number of hydrogen-bond donors (Lipinski definition) is 0. The van der Waals surface area contributed by atoms with E-state index in [1.165, 1.54) is 5.56 Å². The number of fused-ring (bicyclic) bond motifs is 2. The molecule has 0 bridgehead atoms. The zero-order valence-corrected chi connectivity index (χ0v) is 17.3. The second-order valence-electron chi connectivity index (χ2n) is 7.81. The van der Waals surface area contributed by atoms with Crippen molar-refractivity contribution in [2.75, 3.05) is 0 Å². The molecule has 0 spiro atoms. The summed E-state index contributed by atoms with van der Waals surface area (Å²) in [6.07, 6.45) is 5.51. The molecule has 0 N–H and O–H groups in total. The lowest BCUT2D eigenvalue weighted by Gasteiger charge is -2.12. The molecule has 0 saturated carbocycles. The molecule has 2 aromatic carbocycles. The zero-order chi connectivity index (χ0) is 21.2. The summed E-state index contributed by atoms with van der Waals surface area (Å²) in [4.78, 5) is 22.4. The average Bonchev–Trinajstić information content (AvgIpc) is 3.20. The second-order valence-corrected chi connectivity index (χ2v) is 7.81. The monoisotopic (exact) mass is 406 g/mol. The summed E-state index contributed by atoms with van der Waals surface area (Å²) in [6.45, 7) is 2.23. The lowest BCUT2D eigenvalue weighted by atomic mass is 10.0. The van der Waals surface area contributed by atoms with Gasteiger partial charge in [-0.05, 0) is 60.7 Å². The number of carbonyl (C=O) groups is 1. The largest absolute Gasteiger partial charge is 0.456 e. The first-order valence-electron chi connectivity index (χ1n) is 10.5. The van der Waals surface area contributed by atoms with Gasteiger partial charge >= 0.3 is 5.97 Å². The van der Waals surface area contributed by atoms with Crippen LogP contribution in [0.25, 0.3) is 22.6 Å². The van der Waals surface area contributed by atoms with Crippen LogP contribution in [0.15, 0.2) is 72.9 Å². The van der Waals surface area contributed by atoms with Gasteiger partial charge in [0.25, 0.3) is 0 Å². The predicted octanol–water partition coefficient (Wildman–Crippen LogP) is 5.78. The Labute approximate surface area is 181 Å². The summed E-state index contributed by atoms with van der Waals surface area (Å²) in [7, 11) is 0. The van der Waals surface area contributed by atoms with E-state index in [0.29, 0.717) is 5.56 Å². The van der Waals surface area contributed by atoms with Crippen molar-refractivity contribution in [2.45, 2.75) is 26.4 Å². The van der Waals surface area contributed by atoms with Crippen molar-refractivity contribution in [3.63, 3.8) is 0 Å². The predicted molar refractivity (Wildman–Crippen MR) is 122 cm³/mol. The highest BCUT2D eigenvalue weighted by molar-refractivity contribution is 6.07. The summed E-state index contributed by atoms with van der Waals surface area (Å²) in [6, 6.07) is 21.8. The molecule has 0 saturated heterocycles. The van der Waals surface area contributed by atoms with Crippen LogP contribution in [-0.4, -0.2) is 15.9 Å². The lowest BCUT2D eigenvalue weighted by Crippen LogP contribution is -2.11. The van der Waals surface area contributed by atoms with Gasteiger partial charge in [0.1, 0.15) is 6.61 Å². The van der Waals surface area contributed by atoms with E-state index >= 15 is 0 Å². The third-order valence-corrected chi connectivity index (χ3v) is 5.64. The molecule has 4 nitrogen and oxygen atoms in total. The summed E-state index contributed by atoms with van der Waals surface area (Å²) in [5, 5.41) is 0.837. The van der Waals surface area contributed by atoms with Crippen LogP contribution in [0.5, 0.6) is 0 Å². The van der Waals surface area contributed by atoms with Gasteiger partial charge in [-0.1, -0.05) is 54.1 Å². The van der Waals surface area contributed by atoms with Gasteiger partial charge in [0.15, 0.2) is 0 Å². The molecule has 0 radical (unpaired) electrons. The van der Waals surface area contributed by atoms with Crippen molar-refractivity contribution in [3.8, 4) is 0 Å². The van der Waals surface area contributed by atoms with E-state index in [1.54, 1.807) is 6.20 Å². The van der Waals surface area contributed by atoms with E-state index in [4.69, 9.17) is 9.72 Å². The summed E-state index contributed by atoms with van der Waals surface area (Å²) < 4.78 is 5.67. The molecule has 2 aromatic heterocycles. The fourth-order valence-electron chi connectivity index (χ4n) is 4.07. The number of benzene rings is 2. The fourth-order valence-corrected chi connectivity index (χ4v) is 4.07. The van der Waals surface area contributed by atoms with Crippen molar-refractivity contribution in [1.29, 1.82) is 0 Å². The average molecular weight is 406 g/mol. The fraction of sp³-hybridized carbons (Fsp3) is 0.148. The minimum atomic E-state index is -0.322. The van der Waals surface area contributed by atoms with Crippen molar-refractivity contribution in [2.24, 2.45) is 0 Å². The number of carbonyl (C=O) groups excluding carboxylic acids is 1. The maximum absolute atomic E-state index is 13.2. The third-order valence-electron chi connectivity index (χ3n) is 5.64. The Morgan fingerprint density at radius 1 is 1.00 bits per heavy atom. The normalized spacial score (nSPS) is 14.0. The number of para-hydroxylation sites is 1. The number of nitrogens with zero attached hydrogens (tertiary/aromatic N) is 2. The Hall–Kier alpha value is -3.79. The number of aryl methyl sites for hydroxylation is 1. The van der Waals surface area contributed by atoms with Crippen LogP contribution in [0.2, 0.25) is 0 Å². The van der Waals surface area contributed by atoms with Crippen molar-refractivity contribution >= 4 is 28.5 Å². The van der Waals surface area contributed by atoms with E-state index in [-0.39, 0.29) is 12.6 Å². The molecule has 0 amide bonds. The number of aromatic nitrogens is 2. The van der Waals surface area contributed by atoms with Gasteiger partial charge in [-0.2, -0.15) is 0 Å². The van der Waals surface area contributed by atoms with Crippen molar-refractivity contribution in [3.05, 3.63) is 107 Å². The second kappa shape index (κ2) is 8.15. The first kappa shape index (κ1) is 19.2. The van der Waals surface area contributed by atoms with Crippen molar-refractivity contribution in [1.82, 2.24) is 9.97 Å². The molecule has 1 aliphatic carbocycles. The molecule has 0 fully saturated rings. The molecule has 0 unspecified atom stereocenters. The quantitative estimate of drug-likeness (QED) is 0.403. The molecule has 4 aromatic rings. The Kier molecular flexibility index (Phi) is 5.04. The standard InChI is InChI=1S/C27H22N2O2/c1-18-9-11-19(12-10-18)16-20-13-14-23-25(22-7-2-3-8-24(22)29-26(20)23)27(30)31-17-21-6-4-5-15-28-21/h2-12,15-16H,13-14,17H2,1H3/b20-16+. The SMILES string of the molecule is Cc1ccc(/C=C2\CCc3c2nc2ccccc2c3C(=O)OCc2ccccn2)cc1. The van der Waals surface area contributed by atoms with Gasteiger partial charge < -0.3 is 4.74 Å². The summed E-state index contributed by atoms with van der Waals surface area (Å²) in [5.41, 5.74) is 7.58. The Bertz CT molecular complexity index is 1290. The number of rotatable bonds is 4. The van der Waals surface area contributed by atoms with Crippen molar-refractivity contribution < 1.29 is 9.53 Å². The third kappa shape index (κ3) is 3.84. The van der Waals surface area contributed by atoms with Gasteiger partial charge in [0.05, 0.1) is 22.5 Å². The van der Waals surface area contributed by atoms with Crippen LogP contribution >= 0.6 is 0 Å². The van der Waals surface area contributed by atoms with Gasteiger partial charge in [-0.3, -0.25) is 4.98 Å². The Balaban J connectivity index is 1.55. The van der Waals surface area contributed by atoms with Crippen LogP contribution in [0.3, 0.4) is 0 Å². The highest BCUT2D eigenvalue weighted by Crippen LogP contribution is 2.37. The molecule has 31 heavy (non-hydrogen) atoms. The highest BCUT2D eigenvalue weighted by atomic mass is 16.5. The number of esters is 1. The highest BCUT2D eigenvalue weighted by Gasteiger charge is 2.27. The van der Waals surface area contributed by atoms with E-state index in [0.717, 1.165) is 51.8 Å². The molecule has 2 heterocycles. The van der Waals surface area contributed by atoms with Crippen LogP contribution in [0.4, 0.5) is 0 Å². The van der Waals surface area contributed by atoms with Gasteiger partial charge in [-0.25, -0.2) is 9.78 Å². The smallest absolute Gasteiger partial charge is 0.339 e. The number of hydrogen-bond acceptors (Lipinski definition) is 4. The maximum atomic E-state index is 13.2. The lowest BCUT2D eigenvalue weighted by molar-refractivity contribution is 0.0469. The zero-order valence-electron chi connectivity index (χ0n) is 17.3. The summed E-state index contributed by atoms with van der Waals surface area (Å²) >= 11 is 0. The van der Waals surface area contributed by atoms with E-state index < -0.39 is 0 Å². The van der Waals surface area contributed by atoms with Crippen LogP contribution in [-0.2, 0) is 17.8 Å². The Morgan fingerprint density at radius 2 is 1.81 bits per heavy atom.